The highest BCUT2D eigenvalue weighted by Gasteiger charge is 2.48. The zero-order chi connectivity index (χ0) is 31.7. The number of hydrogen-bond donors (Lipinski definition) is 0. The first-order valence-corrected chi connectivity index (χ1v) is 16.6. The molecule has 0 radical (unpaired) electrons. The van der Waals surface area contributed by atoms with E-state index in [4.69, 9.17) is 19.9 Å². The van der Waals surface area contributed by atoms with Crippen LogP contribution in [0.5, 0.6) is 0 Å². The normalized spacial score (nSPS) is 14.3. The standard InChI is InChI=1S/C42H40N4/c1-5-41(6-2)33-25-29(37-17-9-13-21-43-37)31(39-19-11-15-23-45-39)27-35(33)42(7-3,8-4)36-28-32(40-20-12-16-24-46-40)30(26-34(36)41)38-18-10-14-22-44-38/h9-28H,5-8H2,1-4H3. The van der Waals surface area contributed by atoms with Gasteiger partial charge in [0, 0.05) is 57.9 Å². The van der Waals surface area contributed by atoms with Gasteiger partial charge in [-0.2, -0.15) is 0 Å². The molecule has 1 aliphatic rings. The Hall–Kier alpha value is -4.96. The quantitative estimate of drug-likeness (QED) is 0.174. The van der Waals surface area contributed by atoms with Gasteiger partial charge >= 0.3 is 0 Å². The molecule has 0 aliphatic heterocycles. The molecule has 1 aliphatic carbocycles. The van der Waals surface area contributed by atoms with Gasteiger partial charge in [-0.3, -0.25) is 19.9 Å². The van der Waals surface area contributed by atoms with E-state index in [-0.39, 0.29) is 10.8 Å². The molecule has 7 rings (SSSR count). The van der Waals surface area contributed by atoms with E-state index in [1.54, 1.807) is 0 Å². The van der Waals surface area contributed by atoms with Crippen molar-refractivity contribution >= 4 is 0 Å². The second kappa shape index (κ2) is 12.1. The number of fused-ring (bicyclic) bond motifs is 2. The largest absolute Gasteiger partial charge is 0.256 e. The molecule has 0 spiro atoms. The van der Waals surface area contributed by atoms with Crippen molar-refractivity contribution in [3.8, 4) is 45.0 Å². The first-order valence-electron chi connectivity index (χ1n) is 16.6. The summed E-state index contributed by atoms with van der Waals surface area (Å²) in [5.74, 6) is 0. The van der Waals surface area contributed by atoms with Crippen molar-refractivity contribution in [2.75, 3.05) is 0 Å². The maximum atomic E-state index is 4.86. The lowest BCUT2D eigenvalue weighted by atomic mass is 9.53. The van der Waals surface area contributed by atoms with Gasteiger partial charge in [-0.1, -0.05) is 52.0 Å². The molecule has 0 fully saturated rings. The van der Waals surface area contributed by atoms with E-state index in [9.17, 15) is 0 Å². The van der Waals surface area contributed by atoms with Crippen LogP contribution in [0.25, 0.3) is 45.0 Å². The number of pyridine rings is 4. The van der Waals surface area contributed by atoms with Gasteiger partial charge in [0.05, 0.1) is 22.8 Å². The van der Waals surface area contributed by atoms with E-state index in [1.165, 1.54) is 22.3 Å². The molecule has 6 aromatic rings. The van der Waals surface area contributed by atoms with E-state index in [0.29, 0.717) is 0 Å². The second-order valence-corrected chi connectivity index (χ2v) is 12.3. The van der Waals surface area contributed by atoms with Gasteiger partial charge in [0.25, 0.3) is 0 Å². The van der Waals surface area contributed by atoms with Crippen LogP contribution >= 0.6 is 0 Å². The third-order valence-electron chi connectivity index (χ3n) is 10.6. The minimum Gasteiger partial charge on any atom is -0.256 e. The van der Waals surface area contributed by atoms with Crippen molar-refractivity contribution in [2.45, 2.75) is 64.2 Å². The molecule has 0 saturated carbocycles. The molecule has 0 amide bonds. The number of rotatable bonds is 8. The topological polar surface area (TPSA) is 51.6 Å². The van der Waals surface area contributed by atoms with Gasteiger partial charge in [-0.05, 0) is 121 Å². The molecule has 0 bridgehead atoms. The van der Waals surface area contributed by atoms with E-state index < -0.39 is 0 Å². The summed E-state index contributed by atoms with van der Waals surface area (Å²) >= 11 is 0. The van der Waals surface area contributed by atoms with Crippen LogP contribution in [0.1, 0.15) is 75.6 Å². The first kappa shape index (κ1) is 29.7. The average molecular weight is 601 g/mol. The monoisotopic (exact) mass is 600 g/mol. The van der Waals surface area contributed by atoms with Gasteiger partial charge in [0.2, 0.25) is 0 Å². The molecule has 0 saturated heterocycles. The third-order valence-corrected chi connectivity index (χ3v) is 10.6. The summed E-state index contributed by atoms with van der Waals surface area (Å²) in [6.45, 7) is 9.40. The van der Waals surface area contributed by atoms with Gasteiger partial charge in [0.1, 0.15) is 0 Å². The molecule has 4 nitrogen and oxygen atoms in total. The number of aromatic nitrogens is 4. The zero-order valence-electron chi connectivity index (χ0n) is 27.2. The molecule has 0 N–H and O–H groups in total. The molecular formula is C42H40N4. The fraction of sp³-hybridized carbons (Fsp3) is 0.238. The lowest BCUT2D eigenvalue weighted by Gasteiger charge is -2.50. The Labute approximate surface area is 272 Å². The minimum absolute atomic E-state index is 0.198. The van der Waals surface area contributed by atoms with Crippen LogP contribution in [0.15, 0.2) is 122 Å². The Morgan fingerprint density at radius 2 is 0.609 bits per heavy atom. The summed E-state index contributed by atoms with van der Waals surface area (Å²) in [5, 5.41) is 0. The van der Waals surface area contributed by atoms with Crippen molar-refractivity contribution in [1.82, 2.24) is 19.9 Å². The highest BCUT2D eigenvalue weighted by molar-refractivity contribution is 5.86. The van der Waals surface area contributed by atoms with Gasteiger partial charge in [-0.15, -0.1) is 0 Å². The van der Waals surface area contributed by atoms with Gasteiger partial charge in [0.15, 0.2) is 0 Å². The summed E-state index contributed by atoms with van der Waals surface area (Å²) in [7, 11) is 0. The van der Waals surface area contributed by atoms with Crippen molar-refractivity contribution in [3.63, 3.8) is 0 Å². The first-order chi connectivity index (χ1) is 22.6. The van der Waals surface area contributed by atoms with Gasteiger partial charge in [-0.25, -0.2) is 0 Å². The lowest BCUT2D eigenvalue weighted by molar-refractivity contribution is 0.388. The Balaban J connectivity index is 1.62. The Bertz CT molecular complexity index is 1680. The van der Waals surface area contributed by atoms with Crippen LogP contribution in [-0.4, -0.2) is 19.9 Å². The van der Waals surface area contributed by atoms with E-state index in [1.807, 2.05) is 49.1 Å². The maximum Gasteiger partial charge on any atom is 0.0708 e. The highest BCUT2D eigenvalue weighted by atomic mass is 14.7. The summed E-state index contributed by atoms with van der Waals surface area (Å²) in [5.41, 5.74) is 13.6. The molecule has 2 aromatic carbocycles. The van der Waals surface area contributed by atoms with Crippen molar-refractivity contribution in [3.05, 3.63) is 144 Å². The molecule has 4 heteroatoms. The zero-order valence-corrected chi connectivity index (χ0v) is 27.2. The van der Waals surface area contributed by atoms with E-state index in [2.05, 4.69) is 100 Å². The molecule has 4 heterocycles. The summed E-state index contributed by atoms with van der Waals surface area (Å²) < 4.78 is 0. The molecule has 0 atom stereocenters. The molecule has 4 aromatic heterocycles. The van der Waals surface area contributed by atoms with Crippen LogP contribution in [-0.2, 0) is 10.8 Å². The van der Waals surface area contributed by atoms with E-state index in [0.717, 1.165) is 70.7 Å². The smallest absolute Gasteiger partial charge is 0.0708 e. The average Bonchev–Trinajstić information content (AvgIpc) is 3.14. The Morgan fingerprint density at radius 1 is 0.370 bits per heavy atom. The Morgan fingerprint density at radius 3 is 0.783 bits per heavy atom. The lowest BCUT2D eigenvalue weighted by Crippen LogP contribution is -2.42. The van der Waals surface area contributed by atoms with Crippen molar-refractivity contribution < 1.29 is 0 Å². The van der Waals surface area contributed by atoms with Crippen LogP contribution in [0.3, 0.4) is 0 Å². The number of nitrogens with zero attached hydrogens (tertiary/aromatic N) is 4. The van der Waals surface area contributed by atoms with Crippen LogP contribution in [0, 0.1) is 0 Å². The van der Waals surface area contributed by atoms with Crippen LogP contribution in [0.4, 0.5) is 0 Å². The minimum atomic E-state index is -0.198. The summed E-state index contributed by atoms with van der Waals surface area (Å²) in [6, 6.07) is 34.6. The van der Waals surface area contributed by atoms with Crippen LogP contribution in [0.2, 0.25) is 0 Å². The molecular weight excluding hydrogens is 560 g/mol. The predicted octanol–water partition coefficient (Wildman–Crippen LogP) is 10.5. The number of benzene rings is 2. The van der Waals surface area contributed by atoms with Crippen LogP contribution < -0.4 is 0 Å². The third kappa shape index (κ3) is 4.58. The SMILES string of the molecule is CCC1(CC)c2cc(-c3ccccn3)c(-c3ccccn3)cc2C(CC)(CC)c2cc(-c3ccccn3)c(-c3ccccn3)cc21. The maximum absolute atomic E-state index is 4.86. The molecule has 46 heavy (non-hydrogen) atoms. The summed E-state index contributed by atoms with van der Waals surface area (Å²) in [6.07, 6.45) is 11.5. The van der Waals surface area contributed by atoms with Crippen molar-refractivity contribution in [1.29, 1.82) is 0 Å². The van der Waals surface area contributed by atoms with Gasteiger partial charge < -0.3 is 0 Å². The van der Waals surface area contributed by atoms with E-state index >= 15 is 0 Å². The molecule has 228 valence electrons. The number of hydrogen-bond acceptors (Lipinski definition) is 4. The highest BCUT2D eigenvalue weighted by Crippen LogP contribution is 2.58. The summed E-state index contributed by atoms with van der Waals surface area (Å²) in [4.78, 5) is 19.4. The molecule has 0 unspecified atom stereocenters. The fourth-order valence-corrected chi connectivity index (χ4v) is 8.03. The Kier molecular flexibility index (Phi) is 7.82. The van der Waals surface area contributed by atoms with Crippen molar-refractivity contribution in [2.24, 2.45) is 0 Å². The second-order valence-electron chi connectivity index (χ2n) is 12.3. The fourth-order valence-electron chi connectivity index (χ4n) is 8.03. The predicted molar refractivity (Wildman–Crippen MR) is 189 cm³/mol.